The topological polar surface area (TPSA) is 270 Å². The van der Waals surface area contributed by atoms with E-state index in [0.29, 0.717) is 5.56 Å². The molecule has 12 N–H and O–H groups in total. The van der Waals surface area contributed by atoms with Crippen molar-refractivity contribution in [1.29, 1.82) is 0 Å². The maximum absolute atomic E-state index is 13.2. The summed E-state index contributed by atoms with van der Waals surface area (Å²) in [7, 11) is 2.51. The molecular weight excluding hydrogens is 526 g/mol. The highest BCUT2D eigenvalue weighted by Crippen LogP contribution is 2.50. The number of benzene rings is 2. The van der Waals surface area contributed by atoms with Crippen molar-refractivity contribution < 1.29 is 70.4 Å². The lowest BCUT2D eigenvalue weighted by molar-refractivity contribution is -0.526. The van der Waals surface area contributed by atoms with Gasteiger partial charge in [0.25, 0.3) is 17.5 Å². The molecule has 39 heavy (non-hydrogen) atoms. The predicted molar refractivity (Wildman–Crippen MR) is 126 cm³/mol. The number of aliphatic hydroxyl groups is 11. The van der Waals surface area contributed by atoms with Crippen molar-refractivity contribution in [3.63, 3.8) is 0 Å². The third-order valence-electron chi connectivity index (χ3n) is 6.90. The van der Waals surface area contributed by atoms with Crippen molar-refractivity contribution in [2.75, 3.05) is 14.2 Å². The Kier molecular flexibility index (Phi) is 8.15. The Balaban J connectivity index is 2.13. The van der Waals surface area contributed by atoms with Gasteiger partial charge in [-0.1, -0.05) is 30.3 Å². The highest BCUT2D eigenvalue weighted by atomic mass is 16.7. The van der Waals surface area contributed by atoms with Gasteiger partial charge in [0.1, 0.15) is 0 Å². The summed E-state index contributed by atoms with van der Waals surface area (Å²) in [6, 6.07) is 9.95. The molecule has 0 bridgehead atoms. The van der Waals surface area contributed by atoms with Crippen LogP contribution in [0.2, 0.25) is 0 Å². The van der Waals surface area contributed by atoms with E-state index in [0.717, 1.165) is 6.07 Å². The lowest BCUT2D eigenvalue weighted by Gasteiger charge is -2.56. The number of methoxy groups -OCH3 is 2. The molecule has 1 aliphatic rings. The molecule has 15 nitrogen and oxygen atoms in total. The van der Waals surface area contributed by atoms with E-state index in [1.54, 1.807) is 11.4 Å². The van der Waals surface area contributed by atoms with Crippen LogP contribution in [-0.4, -0.2) is 111 Å². The number of nitrogens with one attached hydrogen (secondary N) is 1. The number of rotatable bonds is 11. The van der Waals surface area contributed by atoms with E-state index >= 15 is 0 Å². The summed E-state index contributed by atoms with van der Waals surface area (Å²) < 4.78 is 10.2. The van der Waals surface area contributed by atoms with Gasteiger partial charge < -0.3 is 65.6 Å². The van der Waals surface area contributed by atoms with Gasteiger partial charge in [-0.15, -0.1) is 0 Å². The number of carbonyl (C=O) groups excluding carboxylic acids is 1. The number of hydrogen-bond acceptors (Lipinski definition) is 15. The molecule has 0 aromatic heterocycles. The van der Waals surface area contributed by atoms with E-state index in [4.69, 9.17) is 9.47 Å². The summed E-state index contributed by atoms with van der Waals surface area (Å²) >= 11 is 0. The minimum absolute atomic E-state index is 0.0277. The average Bonchev–Trinajstić information content (AvgIpc) is 3.22. The molecule has 15 heteroatoms. The van der Waals surface area contributed by atoms with Crippen LogP contribution in [0.1, 0.15) is 21.5 Å². The minimum Gasteiger partial charge on any atom is -0.493 e. The van der Waals surface area contributed by atoms with Crippen molar-refractivity contribution in [2.45, 2.75) is 48.1 Å². The number of Topliss-reactive ketones (excluding diaryl/α,β-unsaturated/α-hetero) is 1. The summed E-state index contributed by atoms with van der Waals surface area (Å²) in [5.41, 5.74) is -4.81. The first-order valence-corrected chi connectivity index (χ1v) is 11.4. The molecule has 0 saturated carbocycles. The van der Waals surface area contributed by atoms with Crippen LogP contribution in [0.5, 0.6) is 11.5 Å². The summed E-state index contributed by atoms with van der Waals surface area (Å²) in [5, 5.41) is 118. The molecule has 3 rings (SSSR count). The second kappa shape index (κ2) is 10.3. The van der Waals surface area contributed by atoms with Gasteiger partial charge in [0.2, 0.25) is 17.7 Å². The standard InChI is InChI=1S/C24H31NO14/c1-38-16-9-13-8-15(18(26)14(13)10-17(16)39-2)20(29,30)22(33,21(31,32)19(27)28)23(34,35)24(36,37)25-11-12-6-4-3-5-7-12/h3-7,9-10,15,19,25,27-37H,8,11H2,1-2H3. The van der Waals surface area contributed by atoms with Gasteiger partial charge in [-0.25, -0.2) is 0 Å². The van der Waals surface area contributed by atoms with Crippen molar-refractivity contribution in [3.05, 3.63) is 59.2 Å². The zero-order valence-corrected chi connectivity index (χ0v) is 20.8. The van der Waals surface area contributed by atoms with Crippen molar-refractivity contribution >= 4 is 5.78 Å². The monoisotopic (exact) mass is 557 g/mol. The van der Waals surface area contributed by atoms with Crippen LogP contribution >= 0.6 is 0 Å². The zero-order chi connectivity index (χ0) is 29.6. The van der Waals surface area contributed by atoms with Crippen molar-refractivity contribution in [3.8, 4) is 11.5 Å². The molecule has 0 heterocycles. The van der Waals surface area contributed by atoms with E-state index in [9.17, 15) is 61.0 Å². The second-order valence-electron chi connectivity index (χ2n) is 9.21. The molecule has 0 radical (unpaired) electrons. The highest BCUT2D eigenvalue weighted by molar-refractivity contribution is 6.03. The van der Waals surface area contributed by atoms with Gasteiger partial charge in [0.15, 0.2) is 17.3 Å². The maximum Gasteiger partial charge on any atom is 0.283 e. The first-order chi connectivity index (χ1) is 17.9. The fraction of sp³-hybridized carbons (Fsp3) is 0.458. The molecule has 1 aliphatic carbocycles. The summed E-state index contributed by atoms with van der Waals surface area (Å²) in [5.74, 6) is -21.7. The predicted octanol–water partition coefficient (Wildman–Crippen LogP) is -4.43. The summed E-state index contributed by atoms with van der Waals surface area (Å²) in [6.07, 6.45) is -4.32. The van der Waals surface area contributed by atoms with Crippen LogP contribution in [0.25, 0.3) is 0 Å². The smallest absolute Gasteiger partial charge is 0.283 e. The molecule has 2 aromatic carbocycles. The molecule has 0 fully saturated rings. The second-order valence-corrected chi connectivity index (χ2v) is 9.21. The van der Waals surface area contributed by atoms with Gasteiger partial charge in [0, 0.05) is 12.1 Å². The Labute approximate surface area is 221 Å². The molecule has 2 aromatic rings. The first kappa shape index (κ1) is 30.8. The quantitative estimate of drug-likeness (QED) is 0.116. The van der Waals surface area contributed by atoms with E-state index in [1.165, 1.54) is 44.6 Å². The van der Waals surface area contributed by atoms with Crippen LogP contribution in [-0.2, 0) is 13.0 Å². The number of aliphatic hydroxyl groups excluding tert-OH is 1. The molecule has 0 spiro atoms. The Morgan fingerprint density at radius 1 is 0.897 bits per heavy atom. The zero-order valence-electron chi connectivity index (χ0n) is 20.8. The van der Waals surface area contributed by atoms with E-state index in [1.807, 2.05) is 0 Å². The number of ketones is 1. The summed E-state index contributed by atoms with van der Waals surface area (Å²) in [4.78, 5) is 13.2. The van der Waals surface area contributed by atoms with Gasteiger partial charge in [-0.2, -0.15) is 0 Å². The van der Waals surface area contributed by atoms with Gasteiger partial charge >= 0.3 is 0 Å². The number of carbonyl (C=O) groups is 1. The summed E-state index contributed by atoms with van der Waals surface area (Å²) in [6.45, 7) is -0.588. The van der Waals surface area contributed by atoms with Crippen LogP contribution in [0, 0.1) is 5.92 Å². The van der Waals surface area contributed by atoms with Crippen molar-refractivity contribution in [1.82, 2.24) is 5.32 Å². The molecule has 2 unspecified atom stereocenters. The van der Waals surface area contributed by atoms with E-state index in [2.05, 4.69) is 0 Å². The fourth-order valence-corrected chi connectivity index (χ4v) is 4.56. The molecule has 0 amide bonds. The number of hydrogen-bond donors (Lipinski definition) is 12. The van der Waals surface area contributed by atoms with Crippen LogP contribution in [0.15, 0.2) is 42.5 Å². The van der Waals surface area contributed by atoms with Crippen LogP contribution in [0.3, 0.4) is 0 Å². The Bertz CT molecular complexity index is 1200. The average molecular weight is 558 g/mol. The lowest BCUT2D eigenvalue weighted by atomic mass is 9.69. The number of fused-ring (bicyclic) bond motifs is 1. The first-order valence-electron chi connectivity index (χ1n) is 11.4. The Morgan fingerprint density at radius 2 is 1.44 bits per heavy atom. The molecular formula is C24H31NO14. The van der Waals surface area contributed by atoms with Gasteiger partial charge in [-0.05, 0) is 29.7 Å². The third kappa shape index (κ3) is 4.67. The SMILES string of the molecule is COc1cc2c(cc1OC)C(=O)C(C(O)(O)C(O)(C(O)(O)C(O)O)C(O)(O)C(O)(O)NCc1ccccc1)C2. The Morgan fingerprint density at radius 3 is 1.95 bits per heavy atom. The largest absolute Gasteiger partial charge is 0.493 e. The minimum atomic E-state index is -4.93. The molecule has 216 valence electrons. The van der Waals surface area contributed by atoms with Gasteiger partial charge in [-0.3, -0.25) is 10.1 Å². The third-order valence-corrected chi connectivity index (χ3v) is 6.90. The normalized spacial score (nSPS) is 18.2. The van der Waals surface area contributed by atoms with E-state index < -0.39 is 59.8 Å². The Hall–Kier alpha value is -2.77. The fourth-order valence-electron chi connectivity index (χ4n) is 4.56. The molecule has 2 atom stereocenters. The molecule has 0 saturated heterocycles. The van der Waals surface area contributed by atoms with Crippen LogP contribution < -0.4 is 14.8 Å². The van der Waals surface area contributed by atoms with Gasteiger partial charge in [0.05, 0.1) is 20.1 Å². The highest BCUT2D eigenvalue weighted by Gasteiger charge is 2.82. The van der Waals surface area contributed by atoms with E-state index in [-0.39, 0.29) is 22.6 Å². The maximum atomic E-state index is 13.2. The molecule has 0 aliphatic heterocycles. The van der Waals surface area contributed by atoms with Crippen LogP contribution in [0.4, 0.5) is 0 Å². The van der Waals surface area contributed by atoms with Crippen molar-refractivity contribution in [2.24, 2.45) is 5.92 Å². The lowest BCUT2D eigenvalue weighted by Crippen LogP contribution is -2.88. The number of ether oxygens (including phenoxy) is 2.